The maximum atomic E-state index is 5.82. The van der Waals surface area contributed by atoms with Crippen LogP contribution in [0.5, 0.6) is 0 Å². The summed E-state index contributed by atoms with van der Waals surface area (Å²) in [6, 6.07) is 6.65. The van der Waals surface area contributed by atoms with Crippen molar-refractivity contribution in [2.24, 2.45) is 0 Å². The van der Waals surface area contributed by atoms with Gasteiger partial charge < -0.3 is 4.90 Å². The fourth-order valence-corrected chi connectivity index (χ4v) is 3.30. The number of hydrogen-bond donors (Lipinski definition) is 0. The van der Waals surface area contributed by atoms with Gasteiger partial charge in [0.05, 0.1) is 0 Å². The molecule has 0 aliphatic rings. The van der Waals surface area contributed by atoms with E-state index in [1.807, 2.05) is 0 Å². The lowest BCUT2D eigenvalue weighted by Crippen LogP contribution is -2.29. The van der Waals surface area contributed by atoms with Crippen molar-refractivity contribution in [1.29, 1.82) is 0 Å². The first-order valence-corrected chi connectivity index (χ1v) is 9.07. The number of hydrogen-bond acceptors (Lipinski definition) is 1. The van der Waals surface area contributed by atoms with E-state index >= 15 is 0 Å². The largest absolute Gasteiger partial charge is 0.301 e. The van der Waals surface area contributed by atoms with Crippen LogP contribution in [0.4, 0.5) is 0 Å². The molecule has 1 rings (SSSR count). The third-order valence-corrected chi connectivity index (χ3v) is 4.68. The third-order valence-electron chi connectivity index (χ3n) is 4.34. The summed E-state index contributed by atoms with van der Waals surface area (Å²) in [6.45, 7) is 9.78. The van der Waals surface area contributed by atoms with Crippen LogP contribution in [0, 0.1) is 13.8 Å². The number of benzene rings is 1. The molecule has 0 aliphatic carbocycles. The van der Waals surface area contributed by atoms with Crippen LogP contribution in [0.3, 0.4) is 0 Å². The van der Waals surface area contributed by atoms with Gasteiger partial charge in [0, 0.05) is 24.8 Å². The van der Waals surface area contributed by atoms with Gasteiger partial charge in [-0.1, -0.05) is 31.5 Å². The number of halogens is 2. The number of unbranched alkanes of at least 4 members (excludes halogenated alkanes) is 1. The van der Waals surface area contributed by atoms with Gasteiger partial charge in [-0.05, 0) is 55.8 Å². The Labute approximate surface area is 140 Å². The summed E-state index contributed by atoms with van der Waals surface area (Å²) in [7, 11) is 0. The molecule has 1 aromatic rings. The van der Waals surface area contributed by atoms with Crippen LogP contribution in [0.15, 0.2) is 18.2 Å². The fraction of sp³-hybridized carbons (Fsp3) is 0.667. The van der Waals surface area contributed by atoms with E-state index in [1.54, 1.807) is 0 Å². The van der Waals surface area contributed by atoms with Crippen LogP contribution in [0.25, 0.3) is 0 Å². The highest BCUT2D eigenvalue weighted by Crippen LogP contribution is 2.26. The molecule has 1 aromatic carbocycles. The Balaban J connectivity index is 2.36. The minimum absolute atomic E-state index is 0.638. The van der Waals surface area contributed by atoms with Gasteiger partial charge in [-0.2, -0.15) is 0 Å². The molecule has 1 nitrogen and oxygen atoms in total. The van der Waals surface area contributed by atoms with Crippen molar-refractivity contribution in [3.8, 4) is 0 Å². The fourth-order valence-electron chi connectivity index (χ4n) is 2.82. The number of alkyl halides is 2. The number of aryl methyl sites for hydroxylation is 1. The van der Waals surface area contributed by atoms with Crippen molar-refractivity contribution in [3.05, 3.63) is 34.9 Å². The minimum atomic E-state index is 0.638. The highest BCUT2D eigenvalue weighted by Gasteiger charge is 2.10. The molecule has 0 unspecified atom stereocenters. The van der Waals surface area contributed by atoms with Gasteiger partial charge in [-0.25, -0.2) is 0 Å². The van der Waals surface area contributed by atoms with E-state index < -0.39 is 0 Å². The summed E-state index contributed by atoms with van der Waals surface area (Å²) in [6.07, 6.45) is 3.73. The van der Waals surface area contributed by atoms with Gasteiger partial charge in [0.1, 0.15) is 0 Å². The van der Waals surface area contributed by atoms with Crippen LogP contribution in [0.1, 0.15) is 48.8 Å². The van der Waals surface area contributed by atoms with Crippen LogP contribution in [-0.4, -0.2) is 36.3 Å². The Morgan fingerprint density at radius 1 is 1.00 bits per heavy atom. The van der Waals surface area contributed by atoms with Crippen LogP contribution in [0.2, 0.25) is 0 Å². The quantitative estimate of drug-likeness (QED) is 0.412. The molecule has 0 aliphatic heterocycles. The van der Waals surface area contributed by atoms with Gasteiger partial charge >= 0.3 is 0 Å². The van der Waals surface area contributed by atoms with Crippen molar-refractivity contribution in [1.82, 2.24) is 4.90 Å². The van der Waals surface area contributed by atoms with E-state index in [0.29, 0.717) is 17.7 Å². The molecule has 0 saturated carbocycles. The van der Waals surface area contributed by atoms with E-state index in [9.17, 15) is 0 Å². The lowest BCUT2D eigenvalue weighted by Gasteiger charge is -2.21. The Morgan fingerprint density at radius 2 is 1.67 bits per heavy atom. The summed E-state index contributed by atoms with van der Waals surface area (Å²) in [4.78, 5) is 2.36. The molecule has 0 N–H and O–H groups in total. The zero-order valence-corrected chi connectivity index (χ0v) is 15.2. The second-order valence-corrected chi connectivity index (χ2v) is 6.66. The van der Waals surface area contributed by atoms with Crippen molar-refractivity contribution in [2.45, 2.75) is 46.0 Å². The SMILES string of the molecule is Cc1cccc([C@@H](C)CCCCN(CCCl)CCCl)c1C. The molecule has 0 radical (unpaired) electrons. The molecule has 0 heterocycles. The van der Waals surface area contributed by atoms with E-state index in [0.717, 1.165) is 19.6 Å². The Kier molecular flexibility index (Phi) is 9.39. The van der Waals surface area contributed by atoms with E-state index in [2.05, 4.69) is 43.9 Å². The first-order chi connectivity index (χ1) is 10.1. The second kappa shape index (κ2) is 10.5. The molecule has 0 saturated heterocycles. The summed E-state index contributed by atoms with van der Waals surface area (Å²) in [5.74, 6) is 2.02. The van der Waals surface area contributed by atoms with E-state index in [1.165, 1.54) is 36.0 Å². The predicted molar refractivity (Wildman–Crippen MR) is 96.1 cm³/mol. The van der Waals surface area contributed by atoms with E-state index in [4.69, 9.17) is 23.2 Å². The molecule has 21 heavy (non-hydrogen) atoms. The van der Waals surface area contributed by atoms with Gasteiger partial charge in [0.25, 0.3) is 0 Å². The summed E-state index contributed by atoms with van der Waals surface area (Å²) in [5, 5.41) is 0. The molecule has 3 heteroatoms. The molecule has 120 valence electrons. The number of rotatable bonds is 10. The monoisotopic (exact) mass is 329 g/mol. The second-order valence-electron chi connectivity index (χ2n) is 5.91. The topological polar surface area (TPSA) is 3.24 Å². The summed E-state index contributed by atoms with van der Waals surface area (Å²) in [5.41, 5.74) is 4.36. The van der Waals surface area contributed by atoms with Gasteiger partial charge in [-0.15, -0.1) is 23.2 Å². The normalized spacial score (nSPS) is 12.9. The van der Waals surface area contributed by atoms with Gasteiger partial charge in [0.15, 0.2) is 0 Å². The smallest absolute Gasteiger partial charge is 0.0351 e. The summed E-state index contributed by atoms with van der Waals surface area (Å²) < 4.78 is 0. The van der Waals surface area contributed by atoms with Gasteiger partial charge in [0.2, 0.25) is 0 Å². The third kappa shape index (κ3) is 6.59. The zero-order valence-electron chi connectivity index (χ0n) is 13.7. The van der Waals surface area contributed by atoms with Crippen LogP contribution < -0.4 is 0 Å². The maximum absolute atomic E-state index is 5.82. The molecule has 0 spiro atoms. The molecule has 0 fully saturated rings. The van der Waals surface area contributed by atoms with Gasteiger partial charge in [-0.3, -0.25) is 0 Å². The Hall–Kier alpha value is -0.240. The Morgan fingerprint density at radius 3 is 2.29 bits per heavy atom. The lowest BCUT2D eigenvalue weighted by molar-refractivity contribution is 0.298. The molecule has 1 atom stereocenters. The first-order valence-electron chi connectivity index (χ1n) is 8.00. The number of nitrogens with zero attached hydrogens (tertiary/aromatic N) is 1. The van der Waals surface area contributed by atoms with Crippen molar-refractivity contribution in [3.63, 3.8) is 0 Å². The maximum Gasteiger partial charge on any atom is 0.0351 e. The molecular weight excluding hydrogens is 301 g/mol. The summed E-state index contributed by atoms with van der Waals surface area (Å²) >= 11 is 11.6. The average Bonchev–Trinajstić information content (AvgIpc) is 2.46. The highest BCUT2D eigenvalue weighted by atomic mass is 35.5. The van der Waals surface area contributed by atoms with Crippen molar-refractivity contribution in [2.75, 3.05) is 31.4 Å². The Bertz CT molecular complexity index is 400. The molecule has 0 bridgehead atoms. The highest BCUT2D eigenvalue weighted by molar-refractivity contribution is 6.18. The van der Waals surface area contributed by atoms with Crippen LogP contribution in [-0.2, 0) is 0 Å². The van der Waals surface area contributed by atoms with E-state index in [-0.39, 0.29) is 0 Å². The molecule has 0 amide bonds. The molecule has 0 aromatic heterocycles. The predicted octanol–water partition coefficient (Wildman–Crippen LogP) is 5.36. The first kappa shape index (κ1) is 18.8. The standard InChI is InChI=1S/C18H29Cl2N/c1-15-8-6-9-18(17(15)3)16(2)7-4-5-12-21(13-10-19)14-11-20/h6,8-9,16H,4-5,7,10-14H2,1-3H3/t16-/m0/s1. The average molecular weight is 330 g/mol. The lowest BCUT2D eigenvalue weighted by atomic mass is 9.90. The van der Waals surface area contributed by atoms with Crippen LogP contribution >= 0.6 is 23.2 Å². The van der Waals surface area contributed by atoms with Crippen molar-refractivity contribution < 1.29 is 0 Å². The molecular formula is C18H29Cl2N. The van der Waals surface area contributed by atoms with Crippen molar-refractivity contribution >= 4 is 23.2 Å². The minimum Gasteiger partial charge on any atom is -0.301 e. The zero-order chi connectivity index (χ0) is 15.7.